The fraction of sp³-hybridized carbons (Fsp3) is 0.591. The number of nitrogens with one attached hydrogen (secondary N) is 2. The molecule has 1 atom stereocenters. The molecule has 0 bridgehead atoms. The first-order chi connectivity index (χ1) is 13.0. The zero-order valence-corrected chi connectivity index (χ0v) is 19.7. The van der Waals surface area contributed by atoms with E-state index in [-0.39, 0.29) is 31.8 Å². The van der Waals surface area contributed by atoms with Crippen LogP contribution in [0.15, 0.2) is 30.3 Å². The van der Waals surface area contributed by atoms with Gasteiger partial charge in [0.25, 0.3) is 14.1 Å². The standard InChI is InChI=1S/C10H11NO.C6H11NO2.C4H9.2CH3.Al/c12-10-7-6-9(11-10)8-4-2-1-3-5-8;1-3-5(7)6(8)9-4-2;1-4(2)3;;;/h1-5,9H,6-7H2,(H,11,12);7H,3-4H2,1-2H3;1-3H3;2*1H3;/t9-;;;;;/m0...../s1. The maximum Gasteiger partial charge on any atom is 0.351 e. The molecule has 0 aromatic heterocycles. The van der Waals surface area contributed by atoms with Crippen molar-refractivity contribution in [3.8, 4) is 0 Å². The summed E-state index contributed by atoms with van der Waals surface area (Å²) in [5, 5.41) is 9.90. The second kappa shape index (κ2) is 13.5. The van der Waals surface area contributed by atoms with Crippen LogP contribution in [0, 0.1) is 5.41 Å². The Labute approximate surface area is 175 Å². The molecule has 0 aliphatic carbocycles. The van der Waals surface area contributed by atoms with Crippen molar-refractivity contribution in [2.75, 3.05) is 6.61 Å². The van der Waals surface area contributed by atoms with Gasteiger partial charge in [-0.1, -0.05) is 62.3 Å². The Hall–Kier alpha value is -1.64. The minimum Gasteiger partial charge on any atom is -0.462 e. The Morgan fingerprint density at radius 1 is 1.21 bits per heavy atom. The van der Waals surface area contributed by atoms with E-state index in [1.807, 2.05) is 18.2 Å². The minimum absolute atomic E-state index is 0.0388. The highest BCUT2D eigenvalue weighted by molar-refractivity contribution is 6.59. The molecule has 6 heteroatoms. The molecule has 0 saturated carbocycles. The molecule has 1 aromatic carbocycles. The molecule has 28 heavy (non-hydrogen) atoms. The summed E-state index contributed by atoms with van der Waals surface area (Å²) in [6, 6.07) is 10.3. The van der Waals surface area contributed by atoms with Gasteiger partial charge in [0.05, 0.1) is 12.6 Å². The van der Waals surface area contributed by atoms with Gasteiger partial charge < -0.3 is 10.1 Å². The van der Waals surface area contributed by atoms with Gasteiger partial charge in [-0.25, -0.2) is 4.79 Å². The highest BCUT2D eigenvalue weighted by Gasteiger charge is 2.21. The number of benzene rings is 1. The zero-order chi connectivity index (χ0) is 21.7. The minimum atomic E-state index is -0.500. The number of ether oxygens (including phenoxy) is 1. The predicted octanol–water partition coefficient (Wildman–Crippen LogP) is 5.16. The Balaban J connectivity index is 0.000000410. The quantitative estimate of drug-likeness (QED) is 0.413. The smallest absolute Gasteiger partial charge is 0.351 e. The van der Waals surface area contributed by atoms with Crippen molar-refractivity contribution in [2.24, 2.45) is 0 Å². The first-order valence-corrected chi connectivity index (χ1v) is 13.0. The normalized spacial score (nSPS) is 15.2. The van der Waals surface area contributed by atoms with E-state index in [0.717, 1.165) is 6.42 Å². The van der Waals surface area contributed by atoms with Crippen LogP contribution in [0.4, 0.5) is 0 Å². The first kappa shape index (κ1) is 26.4. The van der Waals surface area contributed by atoms with Crippen molar-refractivity contribution in [1.82, 2.24) is 5.32 Å². The van der Waals surface area contributed by atoms with Gasteiger partial charge in [0, 0.05) is 6.42 Å². The number of hydrogen-bond acceptors (Lipinski definition) is 4. The van der Waals surface area contributed by atoms with Crippen molar-refractivity contribution in [2.45, 2.75) is 75.8 Å². The van der Waals surface area contributed by atoms with Crippen LogP contribution >= 0.6 is 0 Å². The summed E-state index contributed by atoms with van der Waals surface area (Å²) in [5.41, 5.74) is 1.25. The molecule has 2 N–H and O–H groups in total. The SMILES string of the molecule is CCOC(=O)C(=N)CC.O=C1CC[C@@H](c2ccccc2)N1.[CH3][Al]([CH3])[C](C)(C)C. The molecule has 1 amide bonds. The number of amides is 1. The van der Waals surface area contributed by atoms with Crippen LogP contribution in [0.3, 0.4) is 0 Å². The van der Waals surface area contributed by atoms with Gasteiger partial charge in [-0.15, -0.1) is 11.6 Å². The molecule has 1 aliphatic rings. The van der Waals surface area contributed by atoms with E-state index < -0.39 is 5.97 Å². The van der Waals surface area contributed by atoms with Crippen LogP contribution in [0.5, 0.6) is 0 Å². The molecule has 1 aliphatic heterocycles. The zero-order valence-electron chi connectivity index (χ0n) is 18.6. The van der Waals surface area contributed by atoms with Gasteiger partial charge in [-0.3, -0.25) is 10.2 Å². The Morgan fingerprint density at radius 3 is 2.11 bits per heavy atom. The summed E-state index contributed by atoms with van der Waals surface area (Å²) in [6.45, 7) is 10.8. The summed E-state index contributed by atoms with van der Waals surface area (Å²) in [4.78, 5) is 21.4. The van der Waals surface area contributed by atoms with E-state index in [1.54, 1.807) is 13.8 Å². The van der Waals surface area contributed by atoms with E-state index >= 15 is 0 Å². The second-order valence-electron chi connectivity index (χ2n) is 8.14. The lowest BCUT2D eigenvalue weighted by molar-refractivity contribution is -0.135. The molecule has 5 nitrogen and oxygen atoms in total. The highest BCUT2D eigenvalue weighted by atomic mass is 27.2. The monoisotopic (exact) mass is 404 g/mol. The molecule has 1 aromatic rings. The number of carbonyl (C=O) groups is 2. The molecule has 0 radical (unpaired) electrons. The Bertz CT molecular complexity index is 610. The summed E-state index contributed by atoms with van der Waals surface area (Å²) in [5.74, 6) is 4.45. The van der Waals surface area contributed by atoms with Crippen LogP contribution in [0.1, 0.15) is 65.5 Å². The first-order valence-electron chi connectivity index (χ1n) is 10.1. The molecular weight excluding hydrogens is 367 g/mol. The van der Waals surface area contributed by atoms with Crippen molar-refractivity contribution in [3.05, 3.63) is 35.9 Å². The molecule has 1 heterocycles. The third kappa shape index (κ3) is 11.3. The molecule has 156 valence electrons. The van der Waals surface area contributed by atoms with Crippen LogP contribution in [0.2, 0.25) is 15.8 Å². The molecular formula is C22H37AlN2O3. The maximum atomic E-state index is 10.9. The number of esters is 1. The summed E-state index contributed by atoms with van der Waals surface area (Å²) < 4.78 is 5.17. The van der Waals surface area contributed by atoms with Crippen molar-refractivity contribution in [3.63, 3.8) is 0 Å². The third-order valence-corrected chi connectivity index (χ3v) is 8.27. The molecule has 2 rings (SSSR count). The van der Waals surface area contributed by atoms with Gasteiger partial charge in [-0.2, -0.15) is 0 Å². The van der Waals surface area contributed by atoms with E-state index in [0.29, 0.717) is 23.7 Å². The fourth-order valence-electron chi connectivity index (χ4n) is 1.91. The van der Waals surface area contributed by atoms with Gasteiger partial charge in [0.1, 0.15) is 5.71 Å². The van der Waals surface area contributed by atoms with Gasteiger partial charge >= 0.3 is 5.97 Å². The van der Waals surface area contributed by atoms with Crippen LogP contribution < -0.4 is 5.32 Å². The number of carbonyl (C=O) groups excluding carboxylic acids is 2. The average Bonchev–Trinajstić information content (AvgIpc) is 3.08. The van der Waals surface area contributed by atoms with E-state index in [9.17, 15) is 9.59 Å². The van der Waals surface area contributed by atoms with Crippen molar-refractivity contribution in [1.29, 1.82) is 5.41 Å². The lowest BCUT2D eigenvalue weighted by Crippen LogP contribution is -2.17. The fourth-order valence-corrected chi connectivity index (χ4v) is 1.91. The number of rotatable bonds is 4. The van der Waals surface area contributed by atoms with Crippen LogP contribution in [0.25, 0.3) is 0 Å². The van der Waals surface area contributed by atoms with E-state index in [4.69, 9.17) is 5.41 Å². The van der Waals surface area contributed by atoms with E-state index in [2.05, 4.69) is 54.5 Å². The predicted molar refractivity (Wildman–Crippen MR) is 118 cm³/mol. The lowest BCUT2D eigenvalue weighted by Gasteiger charge is -2.18. The number of hydrogen-bond donors (Lipinski definition) is 2. The van der Waals surface area contributed by atoms with Gasteiger partial charge in [-0.05, 0) is 25.3 Å². The third-order valence-electron chi connectivity index (χ3n) is 4.80. The summed E-state index contributed by atoms with van der Waals surface area (Å²) >= 11 is -0.359. The van der Waals surface area contributed by atoms with Gasteiger partial charge in [0.15, 0.2) is 0 Å². The summed E-state index contributed by atoms with van der Waals surface area (Å²) in [7, 11) is 0. The van der Waals surface area contributed by atoms with Gasteiger partial charge in [0.2, 0.25) is 5.91 Å². The largest absolute Gasteiger partial charge is 0.462 e. The molecule has 0 unspecified atom stereocenters. The maximum absolute atomic E-state index is 10.9. The Morgan fingerprint density at radius 2 is 1.75 bits per heavy atom. The Kier molecular flexibility index (Phi) is 12.7. The molecule has 1 fully saturated rings. The summed E-state index contributed by atoms with van der Waals surface area (Å²) in [6.07, 6.45) is 2.04. The lowest BCUT2D eigenvalue weighted by atomic mass is 10.1. The van der Waals surface area contributed by atoms with Crippen molar-refractivity contribution < 1.29 is 14.3 Å². The second-order valence-corrected chi connectivity index (χ2v) is 12.2. The van der Waals surface area contributed by atoms with E-state index in [1.165, 1.54) is 5.56 Å². The van der Waals surface area contributed by atoms with Crippen LogP contribution in [-0.2, 0) is 14.3 Å². The van der Waals surface area contributed by atoms with Crippen LogP contribution in [-0.4, -0.2) is 38.3 Å². The topological polar surface area (TPSA) is 79.2 Å². The average molecular weight is 405 g/mol. The molecule has 1 saturated heterocycles. The van der Waals surface area contributed by atoms with Crippen molar-refractivity contribution >= 4 is 31.7 Å². The highest BCUT2D eigenvalue weighted by Crippen LogP contribution is 2.25. The molecule has 0 spiro atoms.